The first kappa shape index (κ1) is 25.3. The van der Waals surface area contributed by atoms with Crippen molar-refractivity contribution in [2.45, 2.75) is 79.2 Å². The molecule has 0 saturated heterocycles. The fourth-order valence-electron chi connectivity index (χ4n) is 1.88. The van der Waals surface area contributed by atoms with E-state index in [4.69, 9.17) is 4.74 Å². The molecule has 25 heavy (non-hydrogen) atoms. The van der Waals surface area contributed by atoms with Gasteiger partial charge in [0.2, 0.25) is 0 Å². The lowest BCUT2D eigenvalue weighted by Gasteiger charge is -2.13. The van der Waals surface area contributed by atoms with Crippen LogP contribution in [0.5, 0.6) is 0 Å². The first-order chi connectivity index (χ1) is 12.1. The predicted molar refractivity (Wildman–Crippen MR) is 108 cm³/mol. The van der Waals surface area contributed by atoms with Crippen LogP contribution in [-0.2, 0) is 14.3 Å². The van der Waals surface area contributed by atoms with Gasteiger partial charge in [0.25, 0.3) is 0 Å². The second-order valence-electron chi connectivity index (χ2n) is 5.21. The van der Waals surface area contributed by atoms with Gasteiger partial charge in [-0.05, 0) is 37.3 Å². The number of carbonyl (C=O) groups is 2. The van der Waals surface area contributed by atoms with Crippen LogP contribution in [0.15, 0.2) is 48.6 Å². The molecule has 0 aliphatic heterocycles. The Morgan fingerprint density at radius 1 is 1.28 bits per heavy atom. The van der Waals surface area contributed by atoms with Crippen LogP contribution in [0.25, 0.3) is 0 Å². The van der Waals surface area contributed by atoms with Crippen molar-refractivity contribution in [3.05, 3.63) is 48.6 Å². The topological polar surface area (TPSA) is 43.4 Å². The molecule has 1 rings (SSSR count). The molecule has 0 heterocycles. The van der Waals surface area contributed by atoms with Gasteiger partial charge in [0.15, 0.2) is 5.78 Å². The fraction of sp³-hybridized carbons (Fsp3) is 0.545. The highest BCUT2D eigenvalue weighted by molar-refractivity contribution is 6.06. The zero-order valence-corrected chi connectivity index (χ0v) is 16.7. The summed E-state index contributed by atoms with van der Waals surface area (Å²) in [5.74, 6) is -0.0993. The Hall–Kier alpha value is -1.90. The zero-order valence-electron chi connectivity index (χ0n) is 16.7. The van der Waals surface area contributed by atoms with Crippen molar-refractivity contribution in [3.63, 3.8) is 0 Å². The molecule has 0 aromatic rings. The van der Waals surface area contributed by atoms with E-state index in [1.165, 1.54) is 0 Å². The second-order valence-corrected chi connectivity index (χ2v) is 5.21. The quantitative estimate of drug-likeness (QED) is 0.301. The first-order valence-corrected chi connectivity index (χ1v) is 9.44. The van der Waals surface area contributed by atoms with E-state index in [0.29, 0.717) is 19.3 Å². The molecule has 1 aliphatic carbocycles. The molecule has 0 aromatic heterocycles. The third kappa shape index (κ3) is 14.2. The number of ether oxygens (including phenoxy) is 1. The number of carbonyl (C=O) groups excluding carboxylic acids is 2. The van der Waals surface area contributed by atoms with Crippen molar-refractivity contribution in [3.8, 4) is 0 Å². The van der Waals surface area contributed by atoms with Gasteiger partial charge in [-0.25, -0.2) is 0 Å². The molecule has 142 valence electrons. The Morgan fingerprint density at radius 2 is 1.96 bits per heavy atom. The van der Waals surface area contributed by atoms with E-state index in [1.54, 1.807) is 13.0 Å². The average molecular weight is 349 g/mol. The third-order valence-electron chi connectivity index (χ3n) is 3.30. The molecule has 0 aromatic carbocycles. The molecule has 1 atom stereocenters. The van der Waals surface area contributed by atoms with Gasteiger partial charge >= 0.3 is 5.97 Å². The van der Waals surface area contributed by atoms with Crippen molar-refractivity contribution in [1.82, 2.24) is 0 Å². The number of hydrogen-bond acceptors (Lipinski definition) is 3. The maximum atomic E-state index is 11.3. The number of ketones is 1. The molecule has 0 amide bonds. The van der Waals surface area contributed by atoms with Gasteiger partial charge in [-0.1, -0.05) is 65.0 Å². The Bertz CT molecular complexity index is 456. The summed E-state index contributed by atoms with van der Waals surface area (Å²) in [5.41, 5.74) is 0.811. The SMILES string of the molecule is C=CC/C=C\CC.CC.CCC(=O)OC(CC)C/C=C1\CC=CC1=O. The summed E-state index contributed by atoms with van der Waals surface area (Å²) in [4.78, 5) is 22.4. The van der Waals surface area contributed by atoms with E-state index >= 15 is 0 Å². The van der Waals surface area contributed by atoms with Crippen LogP contribution in [0.4, 0.5) is 0 Å². The van der Waals surface area contributed by atoms with Gasteiger partial charge in [-0.3, -0.25) is 9.59 Å². The first-order valence-electron chi connectivity index (χ1n) is 9.44. The molecule has 1 aliphatic rings. The Morgan fingerprint density at radius 3 is 2.40 bits per heavy atom. The van der Waals surface area contributed by atoms with Crippen LogP contribution >= 0.6 is 0 Å². The van der Waals surface area contributed by atoms with E-state index in [1.807, 2.05) is 39.0 Å². The largest absolute Gasteiger partial charge is 0.462 e. The molecular weight excluding hydrogens is 312 g/mol. The number of hydrogen-bond donors (Lipinski definition) is 0. The summed E-state index contributed by atoms with van der Waals surface area (Å²) in [7, 11) is 0. The summed E-state index contributed by atoms with van der Waals surface area (Å²) in [6.07, 6.45) is 16.0. The highest BCUT2D eigenvalue weighted by Crippen LogP contribution is 2.16. The maximum absolute atomic E-state index is 11.3. The Balaban J connectivity index is 0. The van der Waals surface area contributed by atoms with Crippen molar-refractivity contribution in [2.24, 2.45) is 0 Å². The minimum absolute atomic E-state index is 0.0803. The van der Waals surface area contributed by atoms with Gasteiger partial charge < -0.3 is 4.74 Å². The molecular formula is C22H36O3. The molecule has 3 nitrogen and oxygen atoms in total. The van der Waals surface area contributed by atoms with Crippen LogP contribution in [0, 0.1) is 0 Å². The Kier molecular flexibility index (Phi) is 18.7. The summed E-state index contributed by atoms with van der Waals surface area (Å²) >= 11 is 0. The van der Waals surface area contributed by atoms with Gasteiger partial charge in [-0.15, -0.1) is 6.58 Å². The lowest BCUT2D eigenvalue weighted by Crippen LogP contribution is -2.16. The minimum atomic E-state index is -0.180. The van der Waals surface area contributed by atoms with Crippen LogP contribution in [-0.4, -0.2) is 17.9 Å². The number of esters is 1. The fourth-order valence-corrected chi connectivity index (χ4v) is 1.88. The highest BCUT2D eigenvalue weighted by Gasteiger charge is 2.13. The molecule has 3 heteroatoms. The smallest absolute Gasteiger partial charge is 0.305 e. The van der Waals surface area contributed by atoms with Crippen LogP contribution in [0.2, 0.25) is 0 Å². The predicted octanol–water partition coefficient (Wildman–Crippen LogP) is 6.12. The van der Waals surface area contributed by atoms with Gasteiger partial charge in [0.1, 0.15) is 6.10 Å². The van der Waals surface area contributed by atoms with Gasteiger partial charge in [0, 0.05) is 12.8 Å². The minimum Gasteiger partial charge on any atom is -0.462 e. The standard InChI is InChI=1S/C13H18O3.C7H12.C2H6/c1-3-11(16-13(15)4-2)9-8-10-6-5-7-12(10)14;1-3-5-7-6-4-2;1-2/h5,7-8,11H,3-4,6,9H2,1-2H3;3,6-7H,1,4-5H2,2H3;1-2H3/b10-8+;7-6-;. The maximum Gasteiger partial charge on any atom is 0.305 e. The molecule has 0 spiro atoms. The van der Waals surface area contributed by atoms with Crippen LogP contribution in [0.3, 0.4) is 0 Å². The lowest BCUT2D eigenvalue weighted by atomic mass is 10.1. The molecule has 0 bridgehead atoms. The van der Waals surface area contributed by atoms with Crippen molar-refractivity contribution < 1.29 is 14.3 Å². The monoisotopic (exact) mass is 348 g/mol. The van der Waals surface area contributed by atoms with Gasteiger partial charge in [0.05, 0.1) is 0 Å². The third-order valence-corrected chi connectivity index (χ3v) is 3.30. The molecule has 0 fully saturated rings. The second kappa shape index (κ2) is 18.4. The number of rotatable bonds is 8. The summed E-state index contributed by atoms with van der Waals surface area (Å²) < 4.78 is 5.23. The molecule has 1 unspecified atom stereocenters. The van der Waals surface area contributed by atoms with Crippen molar-refractivity contribution in [2.75, 3.05) is 0 Å². The molecule has 0 N–H and O–H groups in total. The normalized spacial score (nSPS) is 15.2. The lowest BCUT2D eigenvalue weighted by molar-refractivity contribution is -0.148. The average Bonchev–Trinajstić information content (AvgIpc) is 3.06. The van der Waals surface area contributed by atoms with Crippen molar-refractivity contribution in [1.29, 1.82) is 0 Å². The van der Waals surface area contributed by atoms with E-state index in [9.17, 15) is 9.59 Å². The van der Waals surface area contributed by atoms with E-state index in [-0.39, 0.29) is 17.9 Å². The van der Waals surface area contributed by atoms with E-state index < -0.39 is 0 Å². The molecule has 0 radical (unpaired) electrons. The molecule has 0 saturated carbocycles. The summed E-state index contributed by atoms with van der Waals surface area (Å²) in [6.45, 7) is 13.5. The Labute approximate surface area is 154 Å². The van der Waals surface area contributed by atoms with E-state index in [2.05, 4.69) is 25.7 Å². The number of allylic oxidation sites excluding steroid dienone is 6. The summed E-state index contributed by atoms with van der Waals surface area (Å²) in [6, 6.07) is 0. The highest BCUT2D eigenvalue weighted by atomic mass is 16.5. The summed E-state index contributed by atoms with van der Waals surface area (Å²) in [5, 5.41) is 0. The van der Waals surface area contributed by atoms with E-state index in [0.717, 1.165) is 24.8 Å². The van der Waals surface area contributed by atoms with Crippen LogP contribution in [0.1, 0.15) is 73.1 Å². The van der Waals surface area contributed by atoms with Crippen molar-refractivity contribution >= 4 is 11.8 Å². The van der Waals surface area contributed by atoms with Gasteiger partial charge in [-0.2, -0.15) is 0 Å². The zero-order chi connectivity index (χ0) is 19.5. The van der Waals surface area contributed by atoms with Crippen LogP contribution < -0.4 is 0 Å².